The van der Waals surface area contributed by atoms with Crippen LogP contribution in [0.4, 0.5) is 0 Å². The Morgan fingerprint density at radius 2 is 1.65 bits per heavy atom. The van der Waals surface area contributed by atoms with Gasteiger partial charge in [0, 0.05) is 10.9 Å². The molecule has 1 aromatic heterocycles. The molecule has 0 aliphatic heterocycles. The lowest BCUT2D eigenvalue weighted by molar-refractivity contribution is 0.710. The number of hydrogen-bond acceptors (Lipinski definition) is 1. The van der Waals surface area contributed by atoms with Crippen LogP contribution < -0.4 is 0 Å². The van der Waals surface area contributed by atoms with E-state index in [2.05, 4.69) is 89.2 Å². The van der Waals surface area contributed by atoms with Crippen molar-refractivity contribution in [3.8, 4) is 23.0 Å². The van der Waals surface area contributed by atoms with Crippen molar-refractivity contribution in [2.24, 2.45) is 0 Å². The van der Waals surface area contributed by atoms with Crippen LogP contribution in [0.1, 0.15) is 23.6 Å². The SMILES string of the molecule is CC#Cc1cc(C)c2c(cnn2Cc2ccc(-c3ccccc3)cc2)c1. The maximum absolute atomic E-state index is 4.60. The van der Waals surface area contributed by atoms with Crippen LogP contribution in [0.25, 0.3) is 22.0 Å². The summed E-state index contributed by atoms with van der Waals surface area (Å²) in [6.07, 6.45) is 1.93. The van der Waals surface area contributed by atoms with Crippen molar-refractivity contribution < 1.29 is 0 Å². The molecule has 26 heavy (non-hydrogen) atoms. The monoisotopic (exact) mass is 336 g/mol. The molecule has 2 heteroatoms. The lowest BCUT2D eigenvalue weighted by Crippen LogP contribution is -2.02. The molecule has 0 fully saturated rings. The van der Waals surface area contributed by atoms with Crippen molar-refractivity contribution in [2.45, 2.75) is 20.4 Å². The highest BCUT2D eigenvalue weighted by molar-refractivity contribution is 5.83. The zero-order valence-corrected chi connectivity index (χ0v) is 15.0. The summed E-state index contributed by atoms with van der Waals surface area (Å²) in [7, 11) is 0. The lowest BCUT2D eigenvalue weighted by atomic mass is 10.0. The summed E-state index contributed by atoms with van der Waals surface area (Å²) in [6.45, 7) is 4.75. The maximum Gasteiger partial charge on any atom is 0.0716 e. The summed E-state index contributed by atoms with van der Waals surface area (Å²) in [5, 5.41) is 5.74. The second kappa shape index (κ2) is 6.90. The molecular weight excluding hydrogens is 316 g/mol. The molecule has 0 spiro atoms. The quantitative estimate of drug-likeness (QED) is 0.456. The topological polar surface area (TPSA) is 17.8 Å². The molecule has 0 aliphatic carbocycles. The molecular formula is C24H20N2. The lowest BCUT2D eigenvalue weighted by Gasteiger charge is -2.08. The van der Waals surface area contributed by atoms with Crippen molar-refractivity contribution in [1.29, 1.82) is 0 Å². The van der Waals surface area contributed by atoms with E-state index in [1.165, 1.54) is 27.8 Å². The van der Waals surface area contributed by atoms with Crippen molar-refractivity contribution in [3.63, 3.8) is 0 Å². The predicted molar refractivity (Wildman–Crippen MR) is 108 cm³/mol. The van der Waals surface area contributed by atoms with Gasteiger partial charge in [0.2, 0.25) is 0 Å². The van der Waals surface area contributed by atoms with Crippen LogP contribution in [0.3, 0.4) is 0 Å². The van der Waals surface area contributed by atoms with Gasteiger partial charge >= 0.3 is 0 Å². The van der Waals surface area contributed by atoms with Gasteiger partial charge in [-0.1, -0.05) is 60.5 Å². The molecule has 2 nitrogen and oxygen atoms in total. The van der Waals surface area contributed by atoms with Crippen LogP contribution in [-0.2, 0) is 6.54 Å². The molecule has 0 N–H and O–H groups in total. The van der Waals surface area contributed by atoms with Gasteiger partial charge in [0.1, 0.15) is 0 Å². The van der Waals surface area contributed by atoms with Gasteiger partial charge in [0.05, 0.1) is 18.3 Å². The molecule has 4 rings (SSSR count). The molecule has 4 aromatic rings. The number of benzene rings is 3. The van der Waals surface area contributed by atoms with E-state index in [9.17, 15) is 0 Å². The highest BCUT2D eigenvalue weighted by Crippen LogP contribution is 2.23. The number of hydrogen-bond donors (Lipinski definition) is 0. The van der Waals surface area contributed by atoms with E-state index in [1.807, 2.05) is 19.2 Å². The van der Waals surface area contributed by atoms with Gasteiger partial charge in [0.25, 0.3) is 0 Å². The third kappa shape index (κ3) is 3.12. The minimum absolute atomic E-state index is 0.762. The standard InChI is InChI=1S/C24H20N2/c1-3-7-20-14-18(2)24-23(15-20)16-25-26(24)17-19-10-12-22(13-11-19)21-8-5-4-6-9-21/h4-6,8-16H,17H2,1-2H3. The average Bonchev–Trinajstić information content (AvgIpc) is 3.06. The molecule has 0 bridgehead atoms. The van der Waals surface area contributed by atoms with Crippen LogP contribution in [-0.4, -0.2) is 9.78 Å². The first-order chi connectivity index (χ1) is 12.7. The maximum atomic E-state index is 4.60. The normalized spacial score (nSPS) is 10.5. The molecule has 126 valence electrons. The summed E-state index contributed by atoms with van der Waals surface area (Å²) < 4.78 is 2.07. The Morgan fingerprint density at radius 1 is 0.923 bits per heavy atom. The number of nitrogens with zero attached hydrogens (tertiary/aromatic N) is 2. The van der Waals surface area contributed by atoms with Gasteiger partial charge < -0.3 is 0 Å². The summed E-state index contributed by atoms with van der Waals surface area (Å²) in [4.78, 5) is 0. The molecule has 0 saturated heterocycles. The summed E-state index contributed by atoms with van der Waals surface area (Å²) in [5.74, 6) is 6.10. The smallest absolute Gasteiger partial charge is 0.0716 e. The zero-order chi connectivity index (χ0) is 17.9. The molecule has 0 amide bonds. The summed E-state index contributed by atoms with van der Waals surface area (Å²) >= 11 is 0. The zero-order valence-electron chi connectivity index (χ0n) is 15.0. The fourth-order valence-electron chi connectivity index (χ4n) is 3.39. The van der Waals surface area contributed by atoms with Gasteiger partial charge in [-0.15, -0.1) is 5.92 Å². The third-order valence-electron chi connectivity index (χ3n) is 4.59. The van der Waals surface area contributed by atoms with E-state index >= 15 is 0 Å². The number of aromatic nitrogens is 2. The molecule has 0 atom stereocenters. The first-order valence-electron chi connectivity index (χ1n) is 8.78. The fraction of sp³-hybridized carbons (Fsp3) is 0.125. The Balaban J connectivity index is 1.64. The fourth-order valence-corrected chi connectivity index (χ4v) is 3.39. The van der Waals surface area contributed by atoms with Gasteiger partial charge in [-0.05, 0) is 48.2 Å². The van der Waals surface area contributed by atoms with E-state index in [0.29, 0.717) is 0 Å². The highest BCUT2D eigenvalue weighted by atomic mass is 15.3. The van der Waals surface area contributed by atoms with Crippen LogP contribution >= 0.6 is 0 Å². The molecule has 0 radical (unpaired) electrons. The van der Waals surface area contributed by atoms with Gasteiger partial charge in [-0.3, -0.25) is 4.68 Å². The average molecular weight is 336 g/mol. The predicted octanol–water partition coefficient (Wildman–Crippen LogP) is 5.43. The molecule has 0 saturated carbocycles. The Morgan fingerprint density at radius 3 is 2.38 bits per heavy atom. The first-order valence-corrected chi connectivity index (χ1v) is 8.78. The molecule has 0 aliphatic rings. The van der Waals surface area contributed by atoms with Gasteiger partial charge in [0.15, 0.2) is 0 Å². The first kappa shape index (κ1) is 16.2. The molecule has 1 heterocycles. The Kier molecular flexibility index (Phi) is 4.29. The summed E-state index contributed by atoms with van der Waals surface area (Å²) in [6, 6.07) is 23.4. The van der Waals surface area contributed by atoms with Crippen LogP contribution in [0.5, 0.6) is 0 Å². The Hall–Kier alpha value is -3.31. The van der Waals surface area contributed by atoms with Crippen molar-refractivity contribution in [2.75, 3.05) is 0 Å². The second-order valence-corrected chi connectivity index (χ2v) is 6.47. The minimum atomic E-state index is 0.762. The minimum Gasteiger partial charge on any atom is -0.260 e. The van der Waals surface area contributed by atoms with Gasteiger partial charge in [-0.2, -0.15) is 5.10 Å². The number of rotatable bonds is 3. The Bertz CT molecular complexity index is 1110. The van der Waals surface area contributed by atoms with Crippen LogP contribution in [0.15, 0.2) is 72.9 Å². The van der Waals surface area contributed by atoms with Gasteiger partial charge in [-0.25, -0.2) is 0 Å². The summed E-state index contributed by atoms with van der Waals surface area (Å²) in [5.41, 5.74) is 7.15. The number of fused-ring (bicyclic) bond motifs is 1. The largest absolute Gasteiger partial charge is 0.260 e. The van der Waals surface area contributed by atoms with E-state index < -0.39 is 0 Å². The van der Waals surface area contributed by atoms with E-state index in [0.717, 1.165) is 17.5 Å². The van der Waals surface area contributed by atoms with Crippen molar-refractivity contribution >= 4 is 10.9 Å². The molecule has 0 unspecified atom stereocenters. The van der Waals surface area contributed by atoms with E-state index in [-0.39, 0.29) is 0 Å². The van der Waals surface area contributed by atoms with Crippen LogP contribution in [0, 0.1) is 18.8 Å². The van der Waals surface area contributed by atoms with E-state index in [4.69, 9.17) is 0 Å². The van der Waals surface area contributed by atoms with Crippen molar-refractivity contribution in [3.05, 3.63) is 89.6 Å². The Labute approximate surface area is 154 Å². The van der Waals surface area contributed by atoms with Crippen LogP contribution in [0.2, 0.25) is 0 Å². The highest BCUT2D eigenvalue weighted by Gasteiger charge is 2.08. The number of aryl methyl sites for hydroxylation is 1. The molecule has 3 aromatic carbocycles. The second-order valence-electron chi connectivity index (χ2n) is 6.47. The third-order valence-corrected chi connectivity index (χ3v) is 4.59. The van der Waals surface area contributed by atoms with E-state index in [1.54, 1.807) is 0 Å². The van der Waals surface area contributed by atoms with Crippen molar-refractivity contribution in [1.82, 2.24) is 9.78 Å².